The van der Waals surface area contributed by atoms with Crippen molar-refractivity contribution in [3.63, 3.8) is 0 Å². The lowest BCUT2D eigenvalue weighted by molar-refractivity contribution is -0.274. The van der Waals surface area contributed by atoms with E-state index in [1.54, 1.807) is 0 Å². The van der Waals surface area contributed by atoms with Crippen molar-refractivity contribution in [2.45, 2.75) is 6.36 Å². The molecule has 0 fully saturated rings. The maximum absolute atomic E-state index is 13.2. The standard InChI is InChI=1S/C18H10F4N4O2/c19-11-3-1-10(2-4-11)14-9-26(17(27)16-15(14)23-25-24-16)12-5-7-13(8-6-12)28-18(20,21)22/h1-9H,(H,23,24,25). The molecule has 10 heteroatoms. The topological polar surface area (TPSA) is 72.8 Å². The fourth-order valence-corrected chi connectivity index (χ4v) is 2.77. The smallest absolute Gasteiger partial charge is 0.406 e. The summed E-state index contributed by atoms with van der Waals surface area (Å²) in [5.41, 5.74) is 1.21. The summed E-state index contributed by atoms with van der Waals surface area (Å²) in [5, 5.41) is 10.2. The fraction of sp³-hybridized carbons (Fsp3) is 0.0556. The van der Waals surface area contributed by atoms with Gasteiger partial charge in [0.2, 0.25) is 0 Å². The number of alkyl halides is 3. The van der Waals surface area contributed by atoms with Crippen molar-refractivity contribution in [3.05, 3.63) is 70.9 Å². The molecule has 0 spiro atoms. The number of aromatic amines is 1. The number of aromatic nitrogens is 4. The van der Waals surface area contributed by atoms with Gasteiger partial charge in [-0.05, 0) is 42.0 Å². The van der Waals surface area contributed by atoms with Crippen molar-refractivity contribution < 1.29 is 22.3 Å². The first-order valence-corrected chi connectivity index (χ1v) is 7.90. The Morgan fingerprint density at radius 1 is 0.929 bits per heavy atom. The molecule has 2 heterocycles. The second-order valence-electron chi connectivity index (χ2n) is 5.79. The molecule has 142 valence electrons. The summed E-state index contributed by atoms with van der Waals surface area (Å²) >= 11 is 0. The maximum atomic E-state index is 13.2. The van der Waals surface area contributed by atoms with Crippen molar-refractivity contribution >= 4 is 11.0 Å². The molecule has 2 aromatic heterocycles. The summed E-state index contributed by atoms with van der Waals surface area (Å²) in [4.78, 5) is 12.7. The molecule has 4 aromatic rings. The van der Waals surface area contributed by atoms with E-state index < -0.39 is 23.5 Å². The molecule has 0 bridgehead atoms. The maximum Gasteiger partial charge on any atom is 0.573 e. The summed E-state index contributed by atoms with van der Waals surface area (Å²) in [6.07, 6.45) is -3.34. The number of hydrogen-bond donors (Lipinski definition) is 1. The normalized spacial score (nSPS) is 11.7. The fourth-order valence-electron chi connectivity index (χ4n) is 2.77. The highest BCUT2D eigenvalue weighted by atomic mass is 19.4. The highest BCUT2D eigenvalue weighted by molar-refractivity contribution is 5.90. The van der Waals surface area contributed by atoms with E-state index in [0.717, 1.165) is 12.1 Å². The summed E-state index contributed by atoms with van der Waals surface area (Å²) in [6.45, 7) is 0. The highest BCUT2D eigenvalue weighted by Gasteiger charge is 2.31. The summed E-state index contributed by atoms with van der Waals surface area (Å²) in [7, 11) is 0. The molecule has 2 aromatic carbocycles. The molecule has 28 heavy (non-hydrogen) atoms. The molecule has 0 saturated heterocycles. The van der Waals surface area contributed by atoms with Crippen LogP contribution in [-0.2, 0) is 0 Å². The van der Waals surface area contributed by atoms with Crippen LogP contribution in [0.15, 0.2) is 59.5 Å². The second kappa shape index (κ2) is 6.48. The molecule has 1 N–H and O–H groups in total. The molecule has 0 radical (unpaired) electrons. The quantitative estimate of drug-likeness (QED) is 0.540. The Labute approximate surface area is 154 Å². The average molecular weight is 390 g/mol. The zero-order valence-corrected chi connectivity index (χ0v) is 13.9. The zero-order valence-electron chi connectivity index (χ0n) is 13.9. The van der Waals surface area contributed by atoms with E-state index in [1.165, 1.54) is 47.2 Å². The lowest BCUT2D eigenvalue weighted by Crippen LogP contribution is -2.19. The minimum atomic E-state index is -4.81. The van der Waals surface area contributed by atoms with Crippen LogP contribution in [0.3, 0.4) is 0 Å². The lowest BCUT2D eigenvalue weighted by atomic mass is 10.1. The number of pyridine rings is 1. The van der Waals surface area contributed by atoms with Crippen LogP contribution in [0.5, 0.6) is 5.75 Å². The number of rotatable bonds is 3. The predicted octanol–water partition coefficient (Wildman–Crippen LogP) is 3.81. The van der Waals surface area contributed by atoms with E-state index in [1.807, 2.05) is 0 Å². The van der Waals surface area contributed by atoms with E-state index in [0.29, 0.717) is 22.3 Å². The van der Waals surface area contributed by atoms with Crippen LogP contribution in [0.25, 0.3) is 27.8 Å². The van der Waals surface area contributed by atoms with Gasteiger partial charge in [-0.25, -0.2) is 4.39 Å². The number of hydrogen-bond acceptors (Lipinski definition) is 4. The minimum Gasteiger partial charge on any atom is -0.406 e. The molecule has 0 aliphatic heterocycles. The monoisotopic (exact) mass is 390 g/mol. The Balaban J connectivity index is 1.85. The van der Waals surface area contributed by atoms with E-state index in [4.69, 9.17) is 0 Å². The minimum absolute atomic E-state index is 0.0393. The van der Waals surface area contributed by atoms with Crippen LogP contribution in [0.4, 0.5) is 17.6 Å². The Morgan fingerprint density at radius 3 is 2.21 bits per heavy atom. The molecule has 4 rings (SSSR count). The molecule has 0 aliphatic carbocycles. The van der Waals surface area contributed by atoms with E-state index in [2.05, 4.69) is 20.1 Å². The molecule has 0 aliphatic rings. The number of benzene rings is 2. The second-order valence-corrected chi connectivity index (χ2v) is 5.79. The van der Waals surface area contributed by atoms with Gasteiger partial charge in [0.05, 0.1) is 0 Å². The van der Waals surface area contributed by atoms with E-state index in [-0.39, 0.29) is 5.52 Å². The van der Waals surface area contributed by atoms with Gasteiger partial charge in [-0.3, -0.25) is 9.36 Å². The SMILES string of the molecule is O=c1c2n[nH]nc2c(-c2ccc(F)cc2)cn1-c1ccc(OC(F)(F)F)cc1. The van der Waals surface area contributed by atoms with Gasteiger partial charge in [0.1, 0.15) is 17.1 Å². The van der Waals surface area contributed by atoms with Gasteiger partial charge in [-0.15, -0.1) is 13.2 Å². The molecular formula is C18H10F4N4O2. The number of ether oxygens (including phenoxy) is 1. The van der Waals surface area contributed by atoms with Gasteiger partial charge < -0.3 is 4.74 Å². The number of nitrogens with one attached hydrogen (secondary N) is 1. The number of halogens is 4. The third-order valence-corrected chi connectivity index (χ3v) is 3.99. The van der Waals surface area contributed by atoms with E-state index in [9.17, 15) is 22.4 Å². The van der Waals surface area contributed by atoms with Crippen LogP contribution >= 0.6 is 0 Å². The third kappa shape index (κ3) is 3.31. The largest absolute Gasteiger partial charge is 0.573 e. The Morgan fingerprint density at radius 2 is 1.57 bits per heavy atom. The first kappa shape index (κ1) is 17.7. The molecule has 0 unspecified atom stereocenters. The summed E-state index contributed by atoms with van der Waals surface area (Å²) < 4.78 is 55.2. The molecule has 6 nitrogen and oxygen atoms in total. The van der Waals surface area contributed by atoms with Crippen LogP contribution in [0, 0.1) is 5.82 Å². The molecule has 0 saturated carbocycles. The van der Waals surface area contributed by atoms with Crippen LogP contribution in [-0.4, -0.2) is 26.3 Å². The lowest BCUT2D eigenvalue weighted by Gasteiger charge is -2.12. The van der Waals surface area contributed by atoms with Gasteiger partial charge >= 0.3 is 6.36 Å². The van der Waals surface area contributed by atoms with Gasteiger partial charge in [-0.2, -0.15) is 15.4 Å². The van der Waals surface area contributed by atoms with Crippen LogP contribution in [0.1, 0.15) is 0 Å². The van der Waals surface area contributed by atoms with Crippen LogP contribution in [0.2, 0.25) is 0 Å². The van der Waals surface area contributed by atoms with E-state index >= 15 is 0 Å². The summed E-state index contributed by atoms with van der Waals surface area (Å²) in [6, 6.07) is 10.4. The number of nitrogens with zero attached hydrogens (tertiary/aromatic N) is 3. The Bertz CT molecular complexity index is 1200. The predicted molar refractivity (Wildman–Crippen MR) is 91.6 cm³/mol. The highest BCUT2D eigenvalue weighted by Crippen LogP contribution is 2.27. The van der Waals surface area contributed by atoms with Gasteiger partial charge in [0.25, 0.3) is 5.56 Å². The zero-order chi connectivity index (χ0) is 19.9. The van der Waals surface area contributed by atoms with Crippen molar-refractivity contribution in [2.24, 2.45) is 0 Å². The third-order valence-electron chi connectivity index (χ3n) is 3.99. The average Bonchev–Trinajstić information content (AvgIpc) is 3.13. The van der Waals surface area contributed by atoms with Gasteiger partial charge in [-0.1, -0.05) is 12.1 Å². The molecule has 0 amide bonds. The van der Waals surface area contributed by atoms with Crippen molar-refractivity contribution in [2.75, 3.05) is 0 Å². The first-order valence-electron chi connectivity index (χ1n) is 7.90. The van der Waals surface area contributed by atoms with Crippen LogP contribution < -0.4 is 10.3 Å². The van der Waals surface area contributed by atoms with Gasteiger partial charge in [0.15, 0.2) is 5.52 Å². The van der Waals surface area contributed by atoms with Crippen molar-refractivity contribution in [3.8, 4) is 22.6 Å². The summed E-state index contributed by atoms with van der Waals surface area (Å²) in [5.74, 6) is -0.834. The number of H-pyrrole nitrogens is 1. The van der Waals surface area contributed by atoms with Crippen molar-refractivity contribution in [1.29, 1.82) is 0 Å². The molecular weight excluding hydrogens is 380 g/mol. The van der Waals surface area contributed by atoms with Gasteiger partial charge in [0, 0.05) is 17.4 Å². The Hall–Kier alpha value is -3.69. The Kier molecular flexibility index (Phi) is 4.10. The number of fused-ring (bicyclic) bond motifs is 1. The van der Waals surface area contributed by atoms with Crippen molar-refractivity contribution in [1.82, 2.24) is 20.0 Å². The molecule has 0 atom stereocenters. The first-order chi connectivity index (χ1) is 13.3.